The van der Waals surface area contributed by atoms with Gasteiger partial charge in [0.1, 0.15) is 11.5 Å². The molecule has 1 saturated carbocycles. The number of likely N-dealkylation sites (tertiary alicyclic amines) is 2. The second-order valence-electron chi connectivity index (χ2n) is 10.9. The molecule has 12 heteroatoms. The lowest BCUT2D eigenvalue weighted by atomic mass is 9.56. The van der Waals surface area contributed by atoms with Crippen LogP contribution in [0.25, 0.3) is 0 Å². The van der Waals surface area contributed by atoms with Crippen molar-refractivity contribution in [1.29, 1.82) is 0 Å². The van der Waals surface area contributed by atoms with Crippen molar-refractivity contribution in [2.75, 3.05) is 12.0 Å². The Labute approximate surface area is 259 Å². The molecular formula is C29H24BrCl3N2O6. The van der Waals surface area contributed by atoms with E-state index in [0.717, 1.165) is 10.5 Å². The van der Waals surface area contributed by atoms with E-state index in [1.54, 1.807) is 30.3 Å². The second-order valence-corrected chi connectivity index (χ2v) is 13.1. The Kier molecular flexibility index (Phi) is 6.96. The summed E-state index contributed by atoms with van der Waals surface area (Å²) in [6.07, 6.45) is 2.29. The predicted octanol–water partition coefficient (Wildman–Crippen LogP) is 4.71. The number of imide groups is 2. The number of fused-ring (bicyclic) bond motifs is 4. The van der Waals surface area contributed by atoms with E-state index >= 15 is 0 Å². The molecule has 2 N–H and O–H groups in total. The lowest BCUT2D eigenvalue weighted by Gasteiger charge is -2.50. The van der Waals surface area contributed by atoms with E-state index in [4.69, 9.17) is 34.8 Å². The second kappa shape index (κ2) is 10.0. The first-order chi connectivity index (χ1) is 19.4. The summed E-state index contributed by atoms with van der Waals surface area (Å²) in [7, 11) is 0. The standard InChI is InChI=1S/C29H24BrCl3N2O6/c30-13-35-26(40)28(32)12-20-17(23(29(28,33)27(35)41)19-11-15(31)3-8-21(19)37)6-7-18-22(20)25(39)34(24(18)38)10-9-14-1-4-16(36)5-2-14/h1-6,8,11,18,20,22-23,36-37H,7,9-10,12-13H2/t18-,20+,22-,23+,28+,29-/m0/s1. The van der Waals surface area contributed by atoms with Gasteiger partial charge in [-0.25, -0.2) is 0 Å². The molecule has 0 radical (unpaired) electrons. The maximum Gasteiger partial charge on any atom is 0.254 e. The zero-order valence-electron chi connectivity index (χ0n) is 21.4. The van der Waals surface area contributed by atoms with Crippen LogP contribution in [0.3, 0.4) is 0 Å². The van der Waals surface area contributed by atoms with Gasteiger partial charge >= 0.3 is 0 Å². The van der Waals surface area contributed by atoms with E-state index < -0.39 is 45.2 Å². The molecule has 0 unspecified atom stereocenters. The average molecular weight is 683 g/mol. The molecule has 2 aliphatic heterocycles. The van der Waals surface area contributed by atoms with Crippen LogP contribution in [0.4, 0.5) is 0 Å². The molecule has 2 aromatic carbocycles. The first-order valence-corrected chi connectivity index (χ1v) is 15.3. The lowest BCUT2D eigenvalue weighted by Crippen LogP contribution is -2.60. The van der Waals surface area contributed by atoms with Crippen molar-refractivity contribution in [1.82, 2.24) is 9.80 Å². The molecule has 0 bridgehead atoms. The summed E-state index contributed by atoms with van der Waals surface area (Å²) in [5.74, 6) is -5.43. The maximum absolute atomic E-state index is 13.9. The molecule has 4 amide bonds. The smallest absolute Gasteiger partial charge is 0.254 e. The number of allylic oxidation sites excluding steroid dienone is 2. The predicted molar refractivity (Wildman–Crippen MR) is 155 cm³/mol. The molecule has 2 aliphatic carbocycles. The van der Waals surface area contributed by atoms with Gasteiger partial charge in [0, 0.05) is 23.0 Å². The molecule has 41 heavy (non-hydrogen) atoms. The van der Waals surface area contributed by atoms with Gasteiger partial charge in [-0.1, -0.05) is 51.3 Å². The quantitative estimate of drug-likeness (QED) is 0.205. The number of rotatable bonds is 5. The van der Waals surface area contributed by atoms with Crippen LogP contribution in [0.5, 0.6) is 11.5 Å². The first-order valence-electron chi connectivity index (χ1n) is 13.1. The Balaban J connectivity index is 1.43. The van der Waals surface area contributed by atoms with Gasteiger partial charge in [-0.05, 0) is 61.1 Å². The highest BCUT2D eigenvalue weighted by atomic mass is 79.9. The number of aromatic hydroxyl groups is 2. The molecule has 0 aromatic heterocycles. The van der Waals surface area contributed by atoms with Gasteiger partial charge in [0.25, 0.3) is 11.8 Å². The van der Waals surface area contributed by atoms with Crippen LogP contribution in [0.2, 0.25) is 5.02 Å². The van der Waals surface area contributed by atoms with Crippen LogP contribution in [0.15, 0.2) is 54.1 Å². The fourth-order valence-electron chi connectivity index (χ4n) is 7.04. The zero-order chi connectivity index (χ0) is 29.4. The number of carbonyl (C=O) groups excluding carboxylic acids is 4. The SMILES string of the molecule is O=C1[C@H]2[C@H](CC=C3[C@H]2C[C@@]2(Cl)C(=O)N(CBr)C(=O)[C@@]2(Cl)[C@H]3c2cc(Cl)ccc2O)C(=O)N1CCc1ccc(O)cc1. The van der Waals surface area contributed by atoms with E-state index in [1.807, 2.05) is 0 Å². The number of phenolic OH excluding ortho intramolecular Hbond substituents is 2. The third-order valence-corrected chi connectivity index (χ3v) is 11.1. The fraction of sp³-hybridized carbons (Fsp3) is 0.379. The van der Waals surface area contributed by atoms with Crippen molar-refractivity contribution in [2.24, 2.45) is 17.8 Å². The molecule has 2 saturated heterocycles. The number of halogens is 4. The zero-order valence-corrected chi connectivity index (χ0v) is 25.3. The summed E-state index contributed by atoms with van der Waals surface area (Å²) in [4.78, 5) is 53.1. The van der Waals surface area contributed by atoms with Crippen molar-refractivity contribution in [3.8, 4) is 11.5 Å². The third-order valence-electron chi connectivity index (χ3n) is 8.97. The first kappa shape index (κ1) is 28.5. The fourth-order valence-corrected chi connectivity index (χ4v) is 8.64. The van der Waals surface area contributed by atoms with Gasteiger partial charge in [-0.15, -0.1) is 23.2 Å². The molecule has 4 aliphatic rings. The van der Waals surface area contributed by atoms with Crippen LogP contribution in [-0.2, 0) is 25.6 Å². The van der Waals surface area contributed by atoms with Crippen molar-refractivity contribution >= 4 is 74.4 Å². The van der Waals surface area contributed by atoms with Crippen LogP contribution in [0.1, 0.15) is 29.9 Å². The molecule has 3 fully saturated rings. The molecule has 8 nitrogen and oxygen atoms in total. The van der Waals surface area contributed by atoms with Crippen LogP contribution in [-0.4, -0.2) is 65.4 Å². The topological polar surface area (TPSA) is 115 Å². The van der Waals surface area contributed by atoms with Gasteiger partial charge in [0.2, 0.25) is 11.8 Å². The Morgan fingerprint density at radius 1 is 0.927 bits per heavy atom. The Morgan fingerprint density at radius 3 is 2.32 bits per heavy atom. The number of phenols is 2. The molecule has 6 atom stereocenters. The molecule has 0 spiro atoms. The summed E-state index contributed by atoms with van der Waals surface area (Å²) < 4.78 is 0. The van der Waals surface area contributed by atoms with Crippen LogP contribution < -0.4 is 0 Å². The number of hydrogen-bond donors (Lipinski definition) is 2. The van der Waals surface area contributed by atoms with Crippen molar-refractivity contribution in [3.63, 3.8) is 0 Å². The molecule has 2 heterocycles. The third kappa shape index (κ3) is 3.99. The lowest BCUT2D eigenvalue weighted by molar-refractivity contribution is -0.141. The summed E-state index contributed by atoms with van der Waals surface area (Å²) in [5.41, 5.74) is 1.50. The van der Waals surface area contributed by atoms with Gasteiger partial charge in [0.05, 0.1) is 17.3 Å². The van der Waals surface area contributed by atoms with E-state index in [2.05, 4.69) is 15.9 Å². The summed E-state index contributed by atoms with van der Waals surface area (Å²) in [6, 6.07) is 10.9. The van der Waals surface area contributed by atoms with Crippen molar-refractivity contribution in [3.05, 3.63) is 70.3 Å². The number of nitrogens with zero attached hydrogens (tertiary/aromatic N) is 2. The van der Waals surface area contributed by atoms with Gasteiger partial charge in [-0.3, -0.25) is 29.0 Å². The van der Waals surface area contributed by atoms with Gasteiger partial charge in [-0.2, -0.15) is 0 Å². The van der Waals surface area contributed by atoms with E-state index in [1.165, 1.54) is 23.1 Å². The van der Waals surface area contributed by atoms with E-state index in [-0.39, 0.29) is 58.7 Å². The normalized spacial score (nSPS) is 32.6. The van der Waals surface area contributed by atoms with E-state index in [0.29, 0.717) is 12.0 Å². The van der Waals surface area contributed by atoms with Crippen molar-refractivity contribution in [2.45, 2.75) is 34.9 Å². The molecule has 2 aromatic rings. The summed E-state index contributed by atoms with van der Waals surface area (Å²) in [5, 5.41) is 20.8. The average Bonchev–Trinajstić information content (AvgIpc) is 3.27. The number of amides is 4. The summed E-state index contributed by atoms with van der Waals surface area (Å²) >= 11 is 23.8. The Morgan fingerprint density at radius 2 is 1.63 bits per heavy atom. The monoisotopic (exact) mass is 680 g/mol. The number of carbonyl (C=O) groups is 4. The highest BCUT2D eigenvalue weighted by Crippen LogP contribution is 2.66. The number of benzene rings is 2. The largest absolute Gasteiger partial charge is 0.508 e. The maximum atomic E-state index is 13.9. The minimum Gasteiger partial charge on any atom is -0.508 e. The van der Waals surface area contributed by atoms with Crippen LogP contribution >= 0.6 is 50.7 Å². The minimum atomic E-state index is -2.01. The minimum absolute atomic E-state index is 0.119. The molecule has 6 rings (SSSR count). The molecule has 214 valence electrons. The summed E-state index contributed by atoms with van der Waals surface area (Å²) in [6.45, 7) is 0.149. The van der Waals surface area contributed by atoms with Crippen molar-refractivity contribution < 1.29 is 29.4 Å². The van der Waals surface area contributed by atoms with E-state index in [9.17, 15) is 29.4 Å². The number of alkyl halides is 3. The highest BCUT2D eigenvalue weighted by Gasteiger charge is 2.76. The molecular weight excluding hydrogens is 659 g/mol. The number of hydrogen-bond acceptors (Lipinski definition) is 6. The Bertz CT molecular complexity index is 1530. The van der Waals surface area contributed by atoms with Crippen LogP contribution in [0, 0.1) is 17.8 Å². The highest BCUT2D eigenvalue weighted by molar-refractivity contribution is 9.09. The van der Waals surface area contributed by atoms with Gasteiger partial charge in [0.15, 0.2) is 9.75 Å². The Hall–Kier alpha value is -2.59. The van der Waals surface area contributed by atoms with Gasteiger partial charge < -0.3 is 10.2 Å².